The minimum absolute atomic E-state index is 0.281. The number of thioether (sulfide) groups is 1. The molecule has 1 atom stereocenters. The molecule has 3 aromatic rings. The van der Waals surface area contributed by atoms with Gasteiger partial charge in [-0.2, -0.15) is 0 Å². The van der Waals surface area contributed by atoms with Gasteiger partial charge in [-0.15, -0.1) is 0 Å². The Morgan fingerprint density at radius 3 is 3.00 bits per heavy atom. The molecule has 2 aromatic heterocycles. The van der Waals surface area contributed by atoms with Crippen molar-refractivity contribution in [3.63, 3.8) is 0 Å². The van der Waals surface area contributed by atoms with Crippen molar-refractivity contribution in [1.29, 1.82) is 0 Å². The third-order valence-electron chi connectivity index (χ3n) is 4.08. The summed E-state index contributed by atoms with van der Waals surface area (Å²) in [5, 5.41) is 1.25. The van der Waals surface area contributed by atoms with Crippen molar-refractivity contribution in [3.8, 4) is 0 Å². The van der Waals surface area contributed by atoms with Crippen LogP contribution >= 0.6 is 11.8 Å². The van der Waals surface area contributed by atoms with E-state index in [0.29, 0.717) is 5.56 Å². The molecule has 6 heteroatoms. The molecule has 0 saturated carbocycles. The van der Waals surface area contributed by atoms with Crippen molar-refractivity contribution < 1.29 is 9.53 Å². The molecule has 1 aromatic carbocycles. The van der Waals surface area contributed by atoms with Crippen molar-refractivity contribution in [2.75, 3.05) is 7.11 Å². The number of esters is 1. The van der Waals surface area contributed by atoms with Gasteiger partial charge in [0.2, 0.25) is 0 Å². The molecule has 0 fully saturated rings. The Morgan fingerprint density at radius 2 is 2.26 bits per heavy atom. The maximum absolute atomic E-state index is 11.8. The Kier molecular flexibility index (Phi) is 3.34. The summed E-state index contributed by atoms with van der Waals surface area (Å²) in [6.45, 7) is 2.76. The van der Waals surface area contributed by atoms with E-state index in [9.17, 15) is 4.79 Å². The number of hydrogen-bond acceptors (Lipinski definition) is 5. The van der Waals surface area contributed by atoms with Crippen LogP contribution in [0.15, 0.2) is 41.7 Å². The predicted octanol–water partition coefficient (Wildman–Crippen LogP) is 3.37. The second-order valence-electron chi connectivity index (χ2n) is 5.51. The summed E-state index contributed by atoms with van der Waals surface area (Å²) in [5.41, 5.74) is 4.43. The fraction of sp³-hybridized carbons (Fsp3) is 0.235. The molecule has 1 aliphatic heterocycles. The van der Waals surface area contributed by atoms with Crippen molar-refractivity contribution in [2.24, 2.45) is 0 Å². The van der Waals surface area contributed by atoms with E-state index in [1.54, 1.807) is 11.8 Å². The van der Waals surface area contributed by atoms with E-state index in [-0.39, 0.29) is 11.2 Å². The molecule has 0 saturated heterocycles. The van der Waals surface area contributed by atoms with Crippen molar-refractivity contribution in [1.82, 2.24) is 14.5 Å². The molecule has 0 radical (unpaired) electrons. The fourth-order valence-electron chi connectivity index (χ4n) is 2.90. The van der Waals surface area contributed by atoms with Crippen LogP contribution in [-0.2, 0) is 11.3 Å². The number of pyridine rings is 1. The van der Waals surface area contributed by atoms with Crippen LogP contribution in [0.5, 0.6) is 0 Å². The number of ether oxygens (including phenoxy) is 1. The SMILES string of the molecule is COC(=O)c1cc2nc3n(c2cc1C)CC(c1ccccn1)S3. The van der Waals surface area contributed by atoms with E-state index in [1.807, 2.05) is 43.5 Å². The first-order valence-corrected chi connectivity index (χ1v) is 8.22. The number of methoxy groups -OCH3 is 1. The quantitative estimate of drug-likeness (QED) is 0.676. The number of aromatic nitrogens is 3. The highest BCUT2D eigenvalue weighted by Gasteiger charge is 2.28. The summed E-state index contributed by atoms with van der Waals surface area (Å²) in [6.07, 6.45) is 1.82. The lowest BCUT2D eigenvalue weighted by Gasteiger charge is -2.08. The number of imidazole rings is 1. The first kappa shape index (κ1) is 14.3. The van der Waals surface area contributed by atoms with Crippen LogP contribution in [0.3, 0.4) is 0 Å². The maximum Gasteiger partial charge on any atom is 0.338 e. The average Bonchev–Trinajstić information content (AvgIpc) is 3.12. The molecule has 0 bridgehead atoms. The molecular formula is C17H15N3O2S. The van der Waals surface area contributed by atoms with E-state index in [2.05, 4.69) is 14.5 Å². The second kappa shape index (κ2) is 5.38. The Labute approximate surface area is 137 Å². The van der Waals surface area contributed by atoms with Gasteiger partial charge >= 0.3 is 5.97 Å². The highest BCUT2D eigenvalue weighted by Crippen LogP contribution is 2.43. The predicted molar refractivity (Wildman–Crippen MR) is 88.6 cm³/mol. The average molecular weight is 325 g/mol. The summed E-state index contributed by atoms with van der Waals surface area (Å²) >= 11 is 1.71. The lowest BCUT2D eigenvalue weighted by Crippen LogP contribution is -2.05. The lowest BCUT2D eigenvalue weighted by molar-refractivity contribution is 0.0600. The standard InChI is InChI=1S/C17H15N3O2S/c1-10-7-14-13(8-11(10)16(21)22-2)19-17-20(14)9-15(23-17)12-5-3-4-6-18-12/h3-8,15H,9H2,1-2H3. The number of rotatable bonds is 2. The van der Waals surface area contributed by atoms with E-state index in [4.69, 9.17) is 4.74 Å². The van der Waals surface area contributed by atoms with Crippen LogP contribution in [-0.4, -0.2) is 27.6 Å². The number of nitrogens with zero attached hydrogens (tertiary/aromatic N) is 3. The van der Waals surface area contributed by atoms with Gasteiger partial charge in [-0.3, -0.25) is 4.98 Å². The molecule has 1 unspecified atom stereocenters. The second-order valence-corrected chi connectivity index (χ2v) is 6.68. The Balaban J connectivity index is 1.74. The minimum atomic E-state index is -0.323. The van der Waals surface area contributed by atoms with E-state index in [1.165, 1.54) is 7.11 Å². The number of aryl methyl sites for hydroxylation is 1. The zero-order chi connectivity index (χ0) is 16.0. The zero-order valence-corrected chi connectivity index (χ0v) is 13.6. The number of carbonyl (C=O) groups excluding carboxylic acids is 1. The van der Waals surface area contributed by atoms with E-state index >= 15 is 0 Å². The highest BCUT2D eigenvalue weighted by atomic mass is 32.2. The summed E-state index contributed by atoms with van der Waals surface area (Å²) in [6, 6.07) is 9.81. The summed E-state index contributed by atoms with van der Waals surface area (Å²) in [4.78, 5) is 20.9. The van der Waals surface area contributed by atoms with Gasteiger partial charge in [-0.05, 0) is 36.8 Å². The lowest BCUT2D eigenvalue weighted by atomic mass is 10.1. The number of carbonyl (C=O) groups is 1. The van der Waals surface area contributed by atoms with Crippen LogP contribution < -0.4 is 0 Å². The molecule has 4 rings (SSSR count). The molecule has 3 heterocycles. The van der Waals surface area contributed by atoms with Gasteiger partial charge in [-0.1, -0.05) is 17.8 Å². The van der Waals surface area contributed by atoms with Gasteiger partial charge < -0.3 is 9.30 Å². The Hall–Kier alpha value is -2.34. The van der Waals surface area contributed by atoms with Gasteiger partial charge in [0.1, 0.15) is 0 Å². The van der Waals surface area contributed by atoms with E-state index < -0.39 is 0 Å². The molecule has 23 heavy (non-hydrogen) atoms. The normalized spacial score (nSPS) is 16.5. The third-order valence-corrected chi connectivity index (χ3v) is 5.28. The monoisotopic (exact) mass is 325 g/mol. The third kappa shape index (κ3) is 2.30. The van der Waals surface area contributed by atoms with Crippen LogP contribution in [0.1, 0.15) is 26.9 Å². The summed E-state index contributed by atoms with van der Waals surface area (Å²) in [7, 11) is 1.40. The topological polar surface area (TPSA) is 57.0 Å². The van der Waals surface area contributed by atoms with Crippen LogP contribution in [0.25, 0.3) is 11.0 Å². The highest BCUT2D eigenvalue weighted by molar-refractivity contribution is 7.99. The summed E-state index contributed by atoms with van der Waals surface area (Å²) in [5.74, 6) is -0.323. The molecule has 0 aliphatic carbocycles. The maximum atomic E-state index is 11.8. The number of benzene rings is 1. The molecule has 1 aliphatic rings. The van der Waals surface area contributed by atoms with Crippen molar-refractivity contribution in [3.05, 3.63) is 53.3 Å². The molecule has 5 nitrogen and oxygen atoms in total. The van der Waals surface area contributed by atoms with Crippen molar-refractivity contribution in [2.45, 2.75) is 23.9 Å². The largest absolute Gasteiger partial charge is 0.465 e. The number of hydrogen-bond donors (Lipinski definition) is 0. The Bertz CT molecular complexity index is 905. The first-order chi connectivity index (χ1) is 11.2. The first-order valence-electron chi connectivity index (χ1n) is 7.34. The zero-order valence-electron chi connectivity index (χ0n) is 12.8. The smallest absolute Gasteiger partial charge is 0.338 e. The fourth-order valence-corrected chi connectivity index (χ4v) is 4.09. The van der Waals surface area contributed by atoms with Crippen molar-refractivity contribution >= 4 is 28.8 Å². The van der Waals surface area contributed by atoms with Crippen LogP contribution in [0.4, 0.5) is 0 Å². The van der Waals surface area contributed by atoms with Crippen LogP contribution in [0.2, 0.25) is 0 Å². The van der Waals surface area contributed by atoms with Gasteiger partial charge in [0.05, 0.1) is 34.7 Å². The minimum Gasteiger partial charge on any atom is -0.465 e. The van der Waals surface area contributed by atoms with E-state index in [0.717, 1.165) is 34.0 Å². The summed E-state index contributed by atoms with van der Waals surface area (Å²) < 4.78 is 7.03. The number of fused-ring (bicyclic) bond motifs is 3. The molecule has 0 amide bonds. The van der Waals surface area contributed by atoms with Gasteiger partial charge in [0, 0.05) is 12.7 Å². The van der Waals surface area contributed by atoms with Gasteiger partial charge in [-0.25, -0.2) is 9.78 Å². The molecule has 0 spiro atoms. The Morgan fingerprint density at radius 1 is 1.39 bits per heavy atom. The van der Waals surface area contributed by atoms with Crippen LogP contribution in [0, 0.1) is 6.92 Å². The molecule has 0 N–H and O–H groups in total. The van der Waals surface area contributed by atoms with Gasteiger partial charge in [0.25, 0.3) is 0 Å². The molecule has 116 valence electrons. The molecular weight excluding hydrogens is 310 g/mol. The van der Waals surface area contributed by atoms with Gasteiger partial charge in [0.15, 0.2) is 5.16 Å².